The Morgan fingerprint density at radius 3 is 2.69 bits per heavy atom. The lowest BCUT2D eigenvalue weighted by atomic mass is 10.1. The first-order chi connectivity index (χ1) is 14.0. The van der Waals surface area contributed by atoms with E-state index < -0.39 is 0 Å². The minimum atomic E-state index is -0.206. The number of halogens is 1. The molecule has 2 aromatic carbocycles. The maximum absolute atomic E-state index is 13.4. The van der Waals surface area contributed by atoms with Crippen molar-refractivity contribution in [1.29, 1.82) is 0 Å². The van der Waals surface area contributed by atoms with Crippen LogP contribution in [0.2, 0.25) is 5.02 Å². The lowest BCUT2D eigenvalue weighted by molar-refractivity contribution is 0.652. The molecule has 0 spiro atoms. The fourth-order valence-electron chi connectivity index (χ4n) is 3.34. The van der Waals surface area contributed by atoms with E-state index in [-0.39, 0.29) is 11.6 Å². The quantitative estimate of drug-likeness (QED) is 0.474. The van der Waals surface area contributed by atoms with Crippen LogP contribution in [0.5, 0.6) is 0 Å². The number of para-hydroxylation sites is 1. The summed E-state index contributed by atoms with van der Waals surface area (Å²) in [5.74, 6) is 0. The number of hydrogen-bond acceptors (Lipinski definition) is 5. The Morgan fingerprint density at radius 2 is 2.00 bits per heavy atom. The van der Waals surface area contributed by atoms with Gasteiger partial charge in [-0.2, -0.15) is 0 Å². The van der Waals surface area contributed by atoms with Gasteiger partial charge in [-0.3, -0.25) is 9.36 Å². The molecule has 4 aromatic rings. The zero-order chi connectivity index (χ0) is 20.5. The van der Waals surface area contributed by atoms with Crippen molar-refractivity contribution in [2.75, 3.05) is 5.73 Å². The highest BCUT2D eigenvalue weighted by atomic mass is 35.5. The van der Waals surface area contributed by atoms with Crippen molar-refractivity contribution >= 4 is 44.5 Å². The van der Waals surface area contributed by atoms with Gasteiger partial charge in [-0.25, -0.2) is 4.98 Å². The molecule has 0 radical (unpaired) electrons. The molecule has 2 heterocycles. The number of nitrogens with one attached hydrogen (secondary N) is 1. The van der Waals surface area contributed by atoms with Crippen LogP contribution in [-0.4, -0.2) is 9.55 Å². The number of nitrogens with zero attached hydrogens (tertiary/aromatic N) is 2. The van der Waals surface area contributed by atoms with Crippen molar-refractivity contribution in [2.24, 2.45) is 0 Å². The summed E-state index contributed by atoms with van der Waals surface area (Å²) < 4.78 is 1.69. The Morgan fingerprint density at radius 1 is 1.24 bits per heavy atom. The van der Waals surface area contributed by atoms with E-state index in [1.807, 2.05) is 55.5 Å². The van der Waals surface area contributed by atoms with Crippen LogP contribution in [0.3, 0.4) is 0 Å². The summed E-state index contributed by atoms with van der Waals surface area (Å²) >= 11 is 7.72. The molecule has 3 N–H and O–H groups in total. The molecule has 4 rings (SSSR count). The second-order valence-corrected chi connectivity index (χ2v) is 8.13. The molecule has 1 atom stereocenters. The summed E-state index contributed by atoms with van der Waals surface area (Å²) in [6.07, 6.45) is 1.69. The van der Waals surface area contributed by atoms with Crippen LogP contribution in [0.15, 0.2) is 72.2 Å². The predicted octanol–water partition coefficient (Wildman–Crippen LogP) is 5.00. The van der Waals surface area contributed by atoms with Crippen LogP contribution >= 0.6 is 22.9 Å². The maximum Gasteiger partial charge on any atom is 0.264 e. The van der Waals surface area contributed by atoms with Gasteiger partial charge in [0.15, 0.2) is 5.13 Å². The molecule has 0 aliphatic rings. The Bertz CT molecular complexity index is 1260. The van der Waals surface area contributed by atoms with Gasteiger partial charge in [0.05, 0.1) is 21.3 Å². The first kappa shape index (κ1) is 19.2. The van der Waals surface area contributed by atoms with Gasteiger partial charge in [-0.1, -0.05) is 59.8 Å². The van der Waals surface area contributed by atoms with Crippen molar-refractivity contribution in [3.05, 3.63) is 93.3 Å². The van der Waals surface area contributed by atoms with E-state index in [1.54, 1.807) is 16.8 Å². The third-order valence-electron chi connectivity index (χ3n) is 4.69. The molecule has 0 amide bonds. The Labute approximate surface area is 177 Å². The number of hydrogen-bond donors (Lipinski definition) is 2. The topological polar surface area (TPSA) is 72.9 Å². The van der Waals surface area contributed by atoms with Crippen LogP contribution in [0.1, 0.15) is 23.5 Å². The normalized spacial score (nSPS) is 12.1. The third kappa shape index (κ3) is 3.64. The van der Waals surface area contributed by atoms with E-state index >= 15 is 0 Å². The van der Waals surface area contributed by atoms with Gasteiger partial charge in [-0.15, -0.1) is 0 Å². The second kappa shape index (κ2) is 7.73. The van der Waals surface area contributed by atoms with Crippen LogP contribution in [-0.2, 0) is 0 Å². The van der Waals surface area contributed by atoms with Crippen molar-refractivity contribution < 1.29 is 0 Å². The van der Waals surface area contributed by atoms with Gasteiger partial charge in [-0.05, 0) is 36.6 Å². The van der Waals surface area contributed by atoms with E-state index in [0.29, 0.717) is 21.2 Å². The highest BCUT2D eigenvalue weighted by Crippen LogP contribution is 2.27. The summed E-state index contributed by atoms with van der Waals surface area (Å²) in [4.78, 5) is 18.4. The van der Waals surface area contributed by atoms with Crippen molar-refractivity contribution in [2.45, 2.75) is 13.0 Å². The van der Waals surface area contributed by atoms with E-state index in [2.05, 4.69) is 16.9 Å². The van der Waals surface area contributed by atoms with Crippen molar-refractivity contribution in [3.8, 4) is 5.69 Å². The third-order valence-corrected chi connectivity index (χ3v) is 5.90. The molecule has 0 fully saturated rings. The van der Waals surface area contributed by atoms with E-state index in [1.165, 1.54) is 11.3 Å². The summed E-state index contributed by atoms with van der Waals surface area (Å²) in [5, 5.41) is 5.59. The highest BCUT2D eigenvalue weighted by molar-refractivity contribution is 7.16. The van der Waals surface area contributed by atoms with Gasteiger partial charge >= 0.3 is 0 Å². The van der Waals surface area contributed by atoms with E-state index in [4.69, 9.17) is 17.3 Å². The first-order valence-electron chi connectivity index (χ1n) is 9.02. The molecule has 146 valence electrons. The average molecular weight is 423 g/mol. The van der Waals surface area contributed by atoms with Gasteiger partial charge in [0.25, 0.3) is 5.56 Å². The van der Waals surface area contributed by atoms with Crippen LogP contribution in [0, 0.1) is 0 Å². The molecule has 0 aliphatic carbocycles. The van der Waals surface area contributed by atoms with Gasteiger partial charge in [0.1, 0.15) is 0 Å². The van der Waals surface area contributed by atoms with Crippen LogP contribution < -0.4 is 16.6 Å². The molecule has 0 saturated heterocycles. The fourth-order valence-corrected chi connectivity index (χ4v) is 4.22. The lowest BCUT2D eigenvalue weighted by Crippen LogP contribution is -2.28. The molecule has 0 saturated carbocycles. The highest BCUT2D eigenvalue weighted by Gasteiger charge is 2.18. The van der Waals surface area contributed by atoms with E-state index in [0.717, 1.165) is 21.6 Å². The molecule has 0 aliphatic heterocycles. The summed E-state index contributed by atoms with van der Waals surface area (Å²) in [7, 11) is 0. The molecule has 2 aromatic heterocycles. The number of rotatable bonds is 5. The standard InChI is InChI=1S/C22H19ClN4OS/c1-13(26-14(2)19-12-25-22(24)29-19)18-11-15-7-6-10-17(23)20(15)21(28)27(18)16-8-4-3-5-9-16/h3-13,26H,2H2,1H3,(H2,24,25)/t13-/m0/s1. The number of benzene rings is 2. The Hall–Kier alpha value is -3.09. The smallest absolute Gasteiger partial charge is 0.264 e. The summed E-state index contributed by atoms with van der Waals surface area (Å²) in [5.41, 5.74) is 7.85. The fraction of sp³-hybridized carbons (Fsp3) is 0.0909. The number of nitrogen functional groups attached to an aromatic ring is 1. The maximum atomic E-state index is 13.4. The predicted molar refractivity (Wildman–Crippen MR) is 122 cm³/mol. The van der Waals surface area contributed by atoms with Crippen LogP contribution in [0.25, 0.3) is 22.2 Å². The molecular weight excluding hydrogens is 404 g/mol. The zero-order valence-electron chi connectivity index (χ0n) is 15.7. The summed E-state index contributed by atoms with van der Waals surface area (Å²) in [6.45, 7) is 6.09. The molecular formula is C22H19ClN4OS. The number of fused-ring (bicyclic) bond motifs is 1. The summed E-state index contributed by atoms with van der Waals surface area (Å²) in [6, 6.07) is 16.8. The molecule has 7 heteroatoms. The Kier molecular flexibility index (Phi) is 5.13. The molecule has 29 heavy (non-hydrogen) atoms. The Balaban J connectivity index is 1.86. The van der Waals surface area contributed by atoms with Crippen molar-refractivity contribution in [3.63, 3.8) is 0 Å². The number of anilines is 1. The number of nitrogens with two attached hydrogens (primary N) is 1. The minimum absolute atomic E-state index is 0.157. The lowest BCUT2D eigenvalue weighted by Gasteiger charge is -2.22. The first-order valence-corrected chi connectivity index (χ1v) is 10.2. The zero-order valence-corrected chi connectivity index (χ0v) is 17.3. The monoisotopic (exact) mass is 422 g/mol. The second-order valence-electron chi connectivity index (χ2n) is 6.66. The largest absolute Gasteiger partial charge is 0.376 e. The minimum Gasteiger partial charge on any atom is -0.376 e. The number of thiazole rings is 1. The van der Waals surface area contributed by atoms with Gasteiger partial charge < -0.3 is 11.1 Å². The average Bonchev–Trinajstić information content (AvgIpc) is 3.15. The van der Waals surface area contributed by atoms with Gasteiger partial charge in [0, 0.05) is 23.3 Å². The van der Waals surface area contributed by atoms with Crippen LogP contribution in [0.4, 0.5) is 5.13 Å². The number of pyridine rings is 1. The molecule has 0 unspecified atom stereocenters. The van der Waals surface area contributed by atoms with Gasteiger partial charge in [0.2, 0.25) is 0 Å². The molecule has 5 nitrogen and oxygen atoms in total. The number of aromatic nitrogens is 2. The molecule has 0 bridgehead atoms. The van der Waals surface area contributed by atoms with Crippen molar-refractivity contribution in [1.82, 2.24) is 14.9 Å². The van der Waals surface area contributed by atoms with E-state index in [9.17, 15) is 4.79 Å². The SMILES string of the molecule is C=C(N[C@@H](C)c1cc2cccc(Cl)c2c(=O)n1-c1ccccc1)c1cnc(N)s1.